The molecule has 1 atom stereocenters. The second kappa shape index (κ2) is 9.02. The van der Waals surface area contributed by atoms with Crippen molar-refractivity contribution in [1.29, 1.82) is 0 Å². The fourth-order valence-corrected chi connectivity index (χ4v) is 6.07. The van der Waals surface area contributed by atoms with Crippen LogP contribution in [-0.2, 0) is 24.3 Å². The summed E-state index contributed by atoms with van der Waals surface area (Å²) in [5.74, 6) is -0.425. The summed E-state index contributed by atoms with van der Waals surface area (Å²) >= 11 is 0. The normalized spacial score (nSPS) is 21.9. The van der Waals surface area contributed by atoms with Crippen LogP contribution in [0.15, 0.2) is 29.2 Å². The van der Waals surface area contributed by atoms with Crippen LogP contribution in [0, 0.1) is 12.3 Å². The van der Waals surface area contributed by atoms with Gasteiger partial charge in [0.2, 0.25) is 10.0 Å². The minimum absolute atomic E-state index is 0.132. The number of sulfonamides is 1. The number of hydrogen-bond donors (Lipinski definition) is 0. The molecule has 2 fully saturated rings. The SMILES string of the molecule is CC(=O)O[C@H]1CN(S(=O)(=O)c2ccc(C)cc2)CC2(CCN(C(=O)OC(C)(C)C)CC2)C1. The molecule has 1 spiro atoms. The van der Waals surface area contributed by atoms with Crippen LogP contribution >= 0.6 is 0 Å². The second-order valence-electron chi connectivity index (χ2n) is 10.0. The summed E-state index contributed by atoms with van der Waals surface area (Å²) in [4.78, 5) is 26.0. The molecular formula is C23H34N2O6S. The van der Waals surface area contributed by atoms with Gasteiger partial charge in [-0.05, 0) is 64.5 Å². The van der Waals surface area contributed by atoms with E-state index in [4.69, 9.17) is 9.47 Å². The van der Waals surface area contributed by atoms with Crippen LogP contribution < -0.4 is 0 Å². The molecule has 32 heavy (non-hydrogen) atoms. The van der Waals surface area contributed by atoms with Gasteiger partial charge in [0.05, 0.1) is 11.4 Å². The van der Waals surface area contributed by atoms with E-state index < -0.39 is 27.7 Å². The molecule has 1 aromatic carbocycles. The van der Waals surface area contributed by atoms with Crippen molar-refractivity contribution in [2.75, 3.05) is 26.2 Å². The fourth-order valence-electron chi connectivity index (χ4n) is 4.49. The Morgan fingerprint density at radius 2 is 1.69 bits per heavy atom. The predicted octanol–water partition coefficient (Wildman–Crippen LogP) is 3.34. The summed E-state index contributed by atoms with van der Waals surface area (Å²) in [6.45, 7) is 10.1. The number of likely N-dealkylation sites (tertiary alicyclic amines) is 1. The molecule has 0 radical (unpaired) electrons. The molecule has 1 amide bonds. The van der Waals surface area contributed by atoms with Crippen molar-refractivity contribution in [3.63, 3.8) is 0 Å². The number of piperidine rings is 2. The van der Waals surface area contributed by atoms with E-state index in [0.717, 1.165) is 5.56 Å². The van der Waals surface area contributed by atoms with Crippen LogP contribution in [0.3, 0.4) is 0 Å². The van der Waals surface area contributed by atoms with Gasteiger partial charge in [-0.1, -0.05) is 17.7 Å². The fraction of sp³-hybridized carbons (Fsp3) is 0.652. The molecule has 1 aromatic rings. The Labute approximate surface area is 190 Å². The van der Waals surface area contributed by atoms with Crippen molar-refractivity contribution in [2.45, 2.75) is 70.5 Å². The molecule has 8 nitrogen and oxygen atoms in total. The van der Waals surface area contributed by atoms with Gasteiger partial charge in [0.1, 0.15) is 11.7 Å². The van der Waals surface area contributed by atoms with Gasteiger partial charge < -0.3 is 14.4 Å². The lowest BCUT2D eigenvalue weighted by Gasteiger charge is -2.49. The van der Waals surface area contributed by atoms with E-state index in [-0.39, 0.29) is 22.9 Å². The van der Waals surface area contributed by atoms with Crippen molar-refractivity contribution >= 4 is 22.1 Å². The zero-order chi connectivity index (χ0) is 23.7. The Hall–Kier alpha value is -2.13. The highest BCUT2D eigenvalue weighted by Crippen LogP contribution is 2.42. The van der Waals surface area contributed by atoms with Crippen LogP contribution in [-0.4, -0.2) is 67.6 Å². The number of ether oxygens (including phenoxy) is 2. The predicted molar refractivity (Wildman–Crippen MR) is 120 cm³/mol. The molecule has 0 aromatic heterocycles. The van der Waals surface area contributed by atoms with E-state index in [0.29, 0.717) is 38.9 Å². The molecular weight excluding hydrogens is 432 g/mol. The lowest BCUT2D eigenvalue weighted by molar-refractivity contribution is -0.151. The van der Waals surface area contributed by atoms with Gasteiger partial charge in [-0.15, -0.1) is 0 Å². The Bertz CT molecular complexity index is 944. The van der Waals surface area contributed by atoms with Gasteiger partial charge in [-0.2, -0.15) is 4.31 Å². The first-order chi connectivity index (χ1) is 14.8. The van der Waals surface area contributed by atoms with Crippen molar-refractivity contribution in [3.8, 4) is 0 Å². The summed E-state index contributed by atoms with van der Waals surface area (Å²) in [6, 6.07) is 6.76. The Balaban J connectivity index is 1.80. The number of carbonyl (C=O) groups excluding carboxylic acids is 2. The maximum Gasteiger partial charge on any atom is 0.410 e. The molecule has 178 valence electrons. The van der Waals surface area contributed by atoms with E-state index in [1.807, 2.05) is 27.7 Å². The molecule has 0 N–H and O–H groups in total. The van der Waals surface area contributed by atoms with E-state index >= 15 is 0 Å². The Morgan fingerprint density at radius 1 is 1.09 bits per heavy atom. The first kappa shape index (κ1) is 24.5. The van der Waals surface area contributed by atoms with Crippen LogP contribution in [0.25, 0.3) is 0 Å². The van der Waals surface area contributed by atoms with E-state index in [1.54, 1.807) is 29.2 Å². The smallest absolute Gasteiger partial charge is 0.410 e. The minimum atomic E-state index is -3.74. The molecule has 3 rings (SSSR count). The average molecular weight is 467 g/mol. The summed E-state index contributed by atoms with van der Waals surface area (Å²) < 4.78 is 39.2. The lowest BCUT2D eigenvalue weighted by Crippen LogP contribution is -2.56. The number of hydrogen-bond acceptors (Lipinski definition) is 6. The second-order valence-corrected chi connectivity index (χ2v) is 12.0. The van der Waals surface area contributed by atoms with Gasteiger partial charge in [-0.25, -0.2) is 13.2 Å². The zero-order valence-electron chi connectivity index (χ0n) is 19.6. The van der Waals surface area contributed by atoms with Gasteiger partial charge in [0.25, 0.3) is 0 Å². The minimum Gasteiger partial charge on any atom is -0.461 e. The number of esters is 1. The standard InChI is InChI=1S/C23H34N2O6S/c1-17-6-8-20(9-7-17)32(28,29)25-15-19(30-18(2)26)14-23(16-25)10-12-24(13-11-23)21(27)31-22(3,4)5/h6-9,19H,10-16H2,1-5H3/t19-/m1/s1. The van der Waals surface area contributed by atoms with Gasteiger partial charge in [-0.3, -0.25) is 4.79 Å². The number of benzene rings is 1. The lowest BCUT2D eigenvalue weighted by atomic mass is 9.72. The number of aryl methyl sites for hydroxylation is 1. The van der Waals surface area contributed by atoms with Crippen molar-refractivity contribution in [3.05, 3.63) is 29.8 Å². The summed E-state index contributed by atoms with van der Waals surface area (Å²) in [7, 11) is -3.74. The third-order valence-electron chi connectivity index (χ3n) is 6.05. The van der Waals surface area contributed by atoms with E-state index in [9.17, 15) is 18.0 Å². The van der Waals surface area contributed by atoms with Crippen LogP contribution in [0.1, 0.15) is 52.5 Å². The average Bonchev–Trinajstić information content (AvgIpc) is 2.66. The number of amides is 1. The van der Waals surface area contributed by atoms with Crippen LogP contribution in [0.4, 0.5) is 4.79 Å². The largest absolute Gasteiger partial charge is 0.461 e. The molecule has 0 bridgehead atoms. The van der Waals surface area contributed by atoms with Crippen LogP contribution in [0.2, 0.25) is 0 Å². The molecule has 9 heteroatoms. The van der Waals surface area contributed by atoms with E-state index in [2.05, 4.69) is 0 Å². The first-order valence-electron chi connectivity index (χ1n) is 11.0. The number of carbonyl (C=O) groups is 2. The van der Waals surface area contributed by atoms with Crippen LogP contribution in [0.5, 0.6) is 0 Å². The third kappa shape index (κ3) is 5.81. The summed E-state index contributed by atoms with van der Waals surface area (Å²) in [5, 5.41) is 0. The molecule has 2 saturated heterocycles. The highest BCUT2D eigenvalue weighted by molar-refractivity contribution is 7.89. The maximum atomic E-state index is 13.4. The molecule has 2 aliphatic rings. The van der Waals surface area contributed by atoms with Gasteiger partial charge >= 0.3 is 12.1 Å². The molecule has 2 aliphatic heterocycles. The number of nitrogens with zero attached hydrogens (tertiary/aromatic N) is 2. The molecule has 0 unspecified atom stereocenters. The maximum absolute atomic E-state index is 13.4. The molecule has 0 aliphatic carbocycles. The summed E-state index contributed by atoms with van der Waals surface area (Å²) in [6.07, 6.45) is 0.932. The van der Waals surface area contributed by atoms with Gasteiger partial charge in [0.15, 0.2) is 0 Å². The number of rotatable bonds is 3. The third-order valence-corrected chi connectivity index (χ3v) is 7.87. The monoisotopic (exact) mass is 466 g/mol. The quantitative estimate of drug-likeness (QED) is 0.635. The zero-order valence-corrected chi connectivity index (χ0v) is 20.4. The van der Waals surface area contributed by atoms with Crippen molar-refractivity contribution in [2.24, 2.45) is 5.41 Å². The topological polar surface area (TPSA) is 93.2 Å². The summed E-state index contributed by atoms with van der Waals surface area (Å²) in [5.41, 5.74) is 0.0387. The Kier molecular flexibility index (Phi) is 6.91. The molecule has 0 saturated carbocycles. The Morgan fingerprint density at radius 3 is 2.22 bits per heavy atom. The highest BCUT2D eigenvalue weighted by Gasteiger charge is 2.47. The van der Waals surface area contributed by atoms with Crippen molar-refractivity contribution in [1.82, 2.24) is 9.21 Å². The van der Waals surface area contributed by atoms with Gasteiger partial charge in [0, 0.05) is 26.6 Å². The highest BCUT2D eigenvalue weighted by atomic mass is 32.2. The van der Waals surface area contributed by atoms with Crippen molar-refractivity contribution < 1.29 is 27.5 Å². The van der Waals surface area contributed by atoms with E-state index in [1.165, 1.54) is 11.2 Å². The first-order valence-corrected chi connectivity index (χ1v) is 12.5. The molecule has 2 heterocycles.